The number of phenolic OH excluding ortho intramolecular Hbond substituents is 1. The van der Waals surface area contributed by atoms with Crippen LogP contribution in [0.25, 0.3) is 0 Å². The van der Waals surface area contributed by atoms with Gasteiger partial charge in [0.05, 0.1) is 12.8 Å². The van der Waals surface area contributed by atoms with E-state index >= 15 is 0 Å². The molecule has 0 aliphatic carbocycles. The van der Waals surface area contributed by atoms with Gasteiger partial charge < -0.3 is 14.6 Å². The fourth-order valence-corrected chi connectivity index (χ4v) is 2.15. The van der Waals surface area contributed by atoms with Gasteiger partial charge in [0.2, 0.25) is 5.88 Å². The Kier molecular flexibility index (Phi) is 6.65. The number of hydrogen-bond acceptors (Lipinski definition) is 7. The molecule has 0 atom stereocenters. The summed E-state index contributed by atoms with van der Waals surface area (Å²) in [7, 11) is 1.52. The molecule has 0 fully saturated rings. The van der Waals surface area contributed by atoms with E-state index in [1.807, 2.05) is 6.07 Å². The molecule has 0 aliphatic heterocycles. The highest BCUT2D eigenvalue weighted by Crippen LogP contribution is 2.21. The molecule has 0 bridgehead atoms. The molecule has 26 heavy (non-hydrogen) atoms. The molecule has 2 N–H and O–H groups in total. The van der Waals surface area contributed by atoms with Gasteiger partial charge in [-0.2, -0.15) is 10.4 Å². The van der Waals surface area contributed by atoms with E-state index in [-0.39, 0.29) is 30.4 Å². The minimum atomic E-state index is -0.512. The zero-order valence-corrected chi connectivity index (χ0v) is 14.4. The number of carbonyl (C=O) groups is 1. The summed E-state index contributed by atoms with van der Waals surface area (Å²) in [5, 5.41) is 22.4. The second kappa shape index (κ2) is 9.15. The van der Waals surface area contributed by atoms with Crippen molar-refractivity contribution in [1.82, 2.24) is 10.4 Å². The molecule has 134 valence electrons. The van der Waals surface area contributed by atoms with Crippen molar-refractivity contribution < 1.29 is 19.4 Å². The lowest BCUT2D eigenvalue weighted by molar-refractivity contribution is -0.123. The Hall–Kier alpha value is -3.44. The Morgan fingerprint density at radius 1 is 1.46 bits per heavy atom. The number of aryl methyl sites for hydroxylation is 1. The standard InChI is InChI=1S/C18H18N4O4/c1-12-6-14(10-25-2)16(8-19)18(21-12)26-11-17(24)22-20-9-13-4-3-5-15(23)7-13/h3-7,9,23H,10-11H2,1-2H3,(H,22,24). The van der Waals surface area contributed by atoms with E-state index < -0.39 is 5.91 Å². The van der Waals surface area contributed by atoms with Gasteiger partial charge in [0.15, 0.2) is 6.61 Å². The number of nitrogens with one attached hydrogen (secondary N) is 1. The highest BCUT2D eigenvalue weighted by atomic mass is 16.5. The molecule has 1 heterocycles. The molecular weight excluding hydrogens is 336 g/mol. The van der Waals surface area contributed by atoms with Gasteiger partial charge in [-0.05, 0) is 30.7 Å². The minimum absolute atomic E-state index is 0.0756. The molecule has 0 aliphatic rings. The van der Waals surface area contributed by atoms with Gasteiger partial charge in [-0.1, -0.05) is 12.1 Å². The van der Waals surface area contributed by atoms with Crippen LogP contribution >= 0.6 is 0 Å². The smallest absolute Gasteiger partial charge is 0.278 e. The normalized spacial score (nSPS) is 10.5. The van der Waals surface area contributed by atoms with Crippen molar-refractivity contribution in [3.05, 3.63) is 52.7 Å². The highest BCUT2D eigenvalue weighted by Gasteiger charge is 2.14. The van der Waals surface area contributed by atoms with Crippen molar-refractivity contribution in [3.63, 3.8) is 0 Å². The van der Waals surface area contributed by atoms with Crippen LogP contribution in [-0.2, 0) is 16.1 Å². The van der Waals surface area contributed by atoms with Crippen molar-refractivity contribution in [1.29, 1.82) is 5.26 Å². The van der Waals surface area contributed by atoms with E-state index in [0.29, 0.717) is 16.8 Å². The number of aromatic nitrogens is 1. The highest BCUT2D eigenvalue weighted by molar-refractivity contribution is 5.83. The zero-order chi connectivity index (χ0) is 18.9. The Morgan fingerprint density at radius 2 is 2.27 bits per heavy atom. The summed E-state index contributed by atoms with van der Waals surface area (Å²) in [4.78, 5) is 16.0. The summed E-state index contributed by atoms with van der Waals surface area (Å²) in [5.74, 6) is -0.335. The topological polar surface area (TPSA) is 117 Å². The number of methoxy groups -OCH3 is 1. The summed E-state index contributed by atoms with van der Waals surface area (Å²) in [6.07, 6.45) is 1.39. The number of nitrogens with zero attached hydrogens (tertiary/aromatic N) is 3. The maximum Gasteiger partial charge on any atom is 0.278 e. The first-order valence-electron chi connectivity index (χ1n) is 7.66. The second-order valence-electron chi connectivity index (χ2n) is 5.32. The Balaban J connectivity index is 1.98. The summed E-state index contributed by atoms with van der Waals surface area (Å²) in [6.45, 7) is 1.64. The number of hydrazone groups is 1. The first-order chi connectivity index (χ1) is 12.5. The molecule has 1 amide bonds. The number of nitriles is 1. The van der Waals surface area contributed by atoms with Crippen LogP contribution in [-0.4, -0.2) is 35.9 Å². The van der Waals surface area contributed by atoms with Crippen LogP contribution in [0.2, 0.25) is 0 Å². The number of aromatic hydroxyl groups is 1. The van der Waals surface area contributed by atoms with E-state index in [0.717, 1.165) is 0 Å². The van der Waals surface area contributed by atoms with Crippen molar-refractivity contribution in [2.75, 3.05) is 13.7 Å². The maximum atomic E-state index is 11.8. The third-order valence-electron chi connectivity index (χ3n) is 3.22. The second-order valence-corrected chi connectivity index (χ2v) is 5.32. The number of phenols is 1. The van der Waals surface area contributed by atoms with Crippen LogP contribution in [0.15, 0.2) is 35.4 Å². The average molecular weight is 354 g/mol. The predicted octanol–water partition coefficient (Wildman–Crippen LogP) is 1.64. The van der Waals surface area contributed by atoms with E-state index in [2.05, 4.69) is 15.5 Å². The molecule has 8 nitrogen and oxygen atoms in total. The zero-order valence-electron chi connectivity index (χ0n) is 14.4. The van der Waals surface area contributed by atoms with Gasteiger partial charge in [-0.15, -0.1) is 0 Å². The van der Waals surface area contributed by atoms with Gasteiger partial charge in [0.25, 0.3) is 5.91 Å². The van der Waals surface area contributed by atoms with E-state index in [1.165, 1.54) is 25.5 Å². The molecule has 0 spiro atoms. The average Bonchev–Trinajstić information content (AvgIpc) is 2.60. The number of rotatable bonds is 7. The Morgan fingerprint density at radius 3 is 2.96 bits per heavy atom. The lowest BCUT2D eigenvalue weighted by atomic mass is 10.1. The number of ether oxygens (including phenoxy) is 2. The monoisotopic (exact) mass is 354 g/mol. The molecule has 0 saturated carbocycles. The number of benzene rings is 1. The van der Waals surface area contributed by atoms with Gasteiger partial charge in [-0.25, -0.2) is 10.4 Å². The quantitative estimate of drug-likeness (QED) is 0.577. The SMILES string of the molecule is COCc1cc(C)nc(OCC(=O)NN=Cc2cccc(O)c2)c1C#N. The van der Waals surface area contributed by atoms with Crippen molar-refractivity contribution >= 4 is 12.1 Å². The molecule has 8 heteroatoms. The summed E-state index contributed by atoms with van der Waals surface area (Å²) in [6, 6.07) is 10.2. The fourth-order valence-electron chi connectivity index (χ4n) is 2.15. The molecule has 1 aromatic carbocycles. The molecule has 2 rings (SSSR count). The van der Waals surface area contributed by atoms with Crippen LogP contribution in [0.3, 0.4) is 0 Å². The minimum Gasteiger partial charge on any atom is -0.508 e. The maximum absolute atomic E-state index is 11.8. The molecule has 0 unspecified atom stereocenters. The molecule has 1 aromatic heterocycles. The van der Waals surface area contributed by atoms with Crippen LogP contribution in [0.4, 0.5) is 0 Å². The summed E-state index contributed by atoms with van der Waals surface area (Å²) >= 11 is 0. The van der Waals surface area contributed by atoms with Gasteiger partial charge in [0, 0.05) is 18.4 Å². The largest absolute Gasteiger partial charge is 0.508 e. The van der Waals surface area contributed by atoms with Crippen LogP contribution in [0, 0.1) is 18.3 Å². The lowest BCUT2D eigenvalue weighted by Crippen LogP contribution is -2.25. The van der Waals surface area contributed by atoms with Gasteiger partial charge in [0.1, 0.15) is 17.4 Å². The molecule has 2 aromatic rings. The fraction of sp³-hybridized carbons (Fsp3) is 0.222. The third-order valence-corrected chi connectivity index (χ3v) is 3.22. The van der Waals surface area contributed by atoms with Crippen LogP contribution in [0.1, 0.15) is 22.4 Å². The van der Waals surface area contributed by atoms with E-state index in [4.69, 9.17) is 9.47 Å². The van der Waals surface area contributed by atoms with Gasteiger partial charge in [-0.3, -0.25) is 4.79 Å². The number of carbonyl (C=O) groups excluding carboxylic acids is 1. The van der Waals surface area contributed by atoms with Crippen molar-refractivity contribution in [2.45, 2.75) is 13.5 Å². The van der Waals surface area contributed by atoms with Crippen molar-refractivity contribution in [2.24, 2.45) is 5.10 Å². The third kappa shape index (κ3) is 5.29. The molecular formula is C18H18N4O4. The molecule has 0 saturated heterocycles. The van der Waals surface area contributed by atoms with Crippen LogP contribution < -0.4 is 10.2 Å². The number of pyridine rings is 1. The number of amides is 1. The first kappa shape index (κ1) is 18.9. The Bertz CT molecular complexity index is 859. The van der Waals surface area contributed by atoms with Crippen molar-refractivity contribution in [3.8, 4) is 17.7 Å². The summed E-state index contributed by atoms with van der Waals surface area (Å²) in [5.41, 5.74) is 4.44. The molecule has 0 radical (unpaired) electrons. The van der Waals surface area contributed by atoms with Crippen LogP contribution in [0.5, 0.6) is 11.6 Å². The van der Waals surface area contributed by atoms with Gasteiger partial charge >= 0.3 is 0 Å². The Labute approximate surface area is 150 Å². The summed E-state index contributed by atoms with van der Waals surface area (Å²) < 4.78 is 10.4. The lowest BCUT2D eigenvalue weighted by Gasteiger charge is -2.10. The first-order valence-corrected chi connectivity index (χ1v) is 7.66. The predicted molar refractivity (Wildman–Crippen MR) is 93.7 cm³/mol. The van der Waals surface area contributed by atoms with E-state index in [9.17, 15) is 15.2 Å². The van der Waals surface area contributed by atoms with E-state index in [1.54, 1.807) is 25.1 Å². The number of hydrogen-bond donors (Lipinski definition) is 2.